The van der Waals surface area contributed by atoms with Crippen molar-refractivity contribution < 1.29 is 19.5 Å². The maximum Gasteiger partial charge on any atom is 0.308 e. The van der Waals surface area contributed by atoms with Crippen molar-refractivity contribution >= 4 is 28.7 Å². The molecule has 120 valence electrons. The van der Waals surface area contributed by atoms with Crippen LogP contribution >= 0.6 is 0 Å². The Morgan fingerprint density at radius 2 is 2.09 bits per heavy atom. The molecule has 1 saturated heterocycles. The summed E-state index contributed by atoms with van der Waals surface area (Å²) in [5.41, 5.74) is 1.25. The number of hydrogen-bond donors (Lipinski definition) is 3. The molecular formula is C16H17N3O4. The van der Waals surface area contributed by atoms with Gasteiger partial charge in [0.1, 0.15) is 5.69 Å². The van der Waals surface area contributed by atoms with E-state index >= 15 is 0 Å². The SMILES string of the molecule is O=C(NCC(=O)N1CCC(C(=O)O)C1)c1cc2ccccc2[nH]1. The largest absolute Gasteiger partial charge is 0.481 e. The lowest BCUT2D eigenvalue weighted by Crippen LogP contribution is -2.39. The van der Waals surface area contributed by atoms with Crippen LogP contribution in [0, 0.1) is 5.92 Å². The van der Waals surface area contributed by atoms with E-state index in [-0.39, 0.29) is 24.9 Å². The first-order chi connectivity index (χ1) is 11.0. The topological polar surface area (TPSA) is 102 Å². The first-order valence-electron chi connectivity index (χ1n) is 7.41. The van der Waals surface area contributed by atoms with Gasteiger partial charge in [-0.05, 0) is 18.6 Å². The van der Waals surface area contributed by atoms with E-state index < -0.39 is 11.9 Å². The summed E-state index contributed by atoms with van der Waals surface area (Å²) in [5.74, 6) is -2.02. The van der Waals surface area contributed by atoms with E-state index in [2.05, 4.69) is 10.3 Å². The molecule has 23 heavy (non-hydrogen) atoms. The minimum atomic E-state index is -0.887. The van der Waals surface area contributed by atoms with E-state index in [1.54, 1.807) is 6.07 Å². The number of aliphatic carboxylic acids is 1. The normalized spacial score (nSPS) is 17.4. The number of aromatic amines is 1. The van der Waals surface area contributed by atoms with Crippen LogP contribution in [0.2, 0.25) is 0 Å². The van der Waals surface area contributed by atoms with Gasteiger partial charge in [0.25, 0.3) is 5.91 Å². The van der Waals surface area contributed by atoms with Gasteiger partial charge >= 0.3 is 5.97 Å². The third-order valence-corrected chi connectivity index (χ3v) is 4.06. The van der Waals surface area contributed by atoms with E-state index in [1.807, 2.05) is 24.3 Å². The molecule has 1 atom stereocenters. The summed E-state index contributed by atoms with van der Waals surface area (Å²) in [4.78, 5) is 39.5. The highest BCUT2D eigenvalue weighted by atomic mass is 16.4. The number of para-hydroxylation sites is 1. The third kappa shape index (κ3) is 3.18. The van der Waals surface area contributed by atoms with E-state index in [0.29, 0.717) is 18.7 Å². The fourth-order valence-electron chi connectivity index (χ4n) is 2.75. The number of carboxylic acid groups (broad SMARTS) is 1. The average molecular weight is 315 g/mol. The van der Waals surface area contributed by atoms with Crippen LogP contribution in [0.3, 0.4) is 0 Å². The molecule has 1 aromatic carbocycles. The molecule has 3 rings (SSSR count). The minimum Gasteiger partial charge on any atom is -0.481 e. The number of carbonyl (C=O) groups excluding carboxylic acids is 2. The lowest BCUT2D eigenvalue weighted by molar-refractivity contribution is -0.141. The molecule has 1 fully saturated rings. The van der Waals surface area contributed by atoms with Crippen molar-refractivity contribution in [2.75, 3.05) is 19.6 Å². The molecule has 3 N–H and O–H groups in total. The smallest absolute Gasteiger partial charge is 0.308 e. The van der Waals surface area contributed by atoms with E-state index in [1.165, 1.54) is 4.90 Å². The van der Waals surface area contributed by atoms with E-state index in [0.717, 1.165) is 10.9 Å². The summed E-state index contributed by atoms with van der Waals surface area (Å²) in [6.45, 7) is 0.481. The van der Waals surface area contributed by atoms with Gasteiger partial charge in [-0.2, -0.15) is 0 Å². The van der Waals surface area contributed by atoms with Crippen molar-refractivity contribution in [3.8, 4) is 0 Å². The molecule has 2 amide bonds. The highest BCUT2D eigenvalue weighted by molar-refractivity contribution is 5.99. The zero-order valence-corrected chi connectivity index (χ0v) is 12.4. The summed E-state index contributed by atoms with van der Waals surface area (Å²) >= 11 is 0. The van der Waals surface area contributed by atoms with Crippen LogP contribution in [0.25, 0.3) is 10.9 Å². The second-order valence-corrected chi connectivity index (χ2v) is 5.62. The molecule has 2 heterocycles. The molecular weight excluding hydrogens is 298 g/mol. The van der Waals surface area contributed by atoms with E-state index in [9.17, 15) is 14.4 Å². The predicted octanol–water partition coefficient (Wildman–Crippen LogP) is 0.831. The first kappa shape index (κ1) is 15.1. The number of H-pyrrole nitrogens is 1. The molecule has 0 radical (unpaired) electrons. The first-order valence-corrected chi connectivity index (χ1v) is 7.41. The fraction of sp³-hybridized carbons (Fsp3) is 0.312. The van der Waals surface area contributed by atoms with Crippen LogP contribution < -0.4 is 5.32 Å². The van der Waals surface area contributed by atoms with Crippen LogP contribution in [-0.4, -0.2) is 52.4 Å². The molecule has 7 nitrogen and oxygen atoms in total. The Bertz CT molecular complexity index is 735. The molecule has 2 aromatic rings. The van der Waals surface area contributed by atoms with Crippen molar-refractivity contribution in [1.82, 2.24) is 15.2 Å². The number of carbonyl (C=O) groups is 3. The molecule has 0 saturated carbocycles. The van der Waals surface area contributed by atoms with Gasteiger partial charge in [-0.3, -0.25) is 14.4 Å². The summed E-state index contributed by atoms with van der Waals surface area (Å²) < 4.78 is 0. The lowest BCUT2D eigenvalue weighted by atomic mass is 10.1. The maximum absolute atomic E-state index is 12.1. The van der Waals surface area contributed by atoms with Gasteiger partial charge in [-0.25, -0.2) is 0 Å². The number of aromatic nitrogens is 1. The zero-order chi connectivity index (χ0) is 16.4. The predicted molar refractivity (Wildman–Crippen MR) is 83.0 cm³/mol. The molecule has 7 heteroatoms. The Kier molecular flexibility index (Phi) is 4.01. The number of amides is 2. The summed E-state index contributed by atoms with van der Waals surface area (Å²) in [5, 5.41) is 12.4. The number of likely N-dealkylation sites (tertiary alicyclic amines) is 1. The minimum absolute atomic E-state index is 0.138. The molecule has 0 spiro atoms. The monoisotopic (exact) mass is 315 g/mol. The van der Waals surface area contributed by atoms with Gasteiger partial charge in [0.15, 0.2) is 0 Å². The Hall–Kier alpha value is -2.83. The molecule has 1 unspecified atom stereocenters. The quantitative estimate of drug-likeness (QED) is 0.777. The van der Waals surface area contributed by atoms with Crippen molar-refractivity contribution in [2.45, 2.75) is 6.42 Å². The zero-order valence-electron chi connectivity index (χ0n) is 12.4. The molecule has 0 bridgehead atoms. The summed E-state index contributed by atoms with van der Waals surface area (Å²) in [6, 6.07) is 9.24. The lowest BCUT2D eigenvalue weighted by Gasteiger charge is -2.15. The Labute approximate surface area is 132 Å². The fourth-order valence-corrected chi connectivity index (χ4v) is 2.75. The number of rotatable bonds is 4. The molecule has 1 aliphatic heterocycles. The van der Waals surface area contributed by atoms with Crippen molar-refractivity contribution in [1.29, 1.82) is 0 Å². The van der Waals surface area contributed by atoms with Crippen LogP contribution in [0.15, 0.2) is 30.3 Å². The number of nitrogens with zero attached hydrogens (tertiary/aromatic N) is 1. The van der Waals surface area contributed by atoms with Gasteiger partial charge in [-0.15, -0.1) is 0 Å². The van der Waals surface area contributed by atoms with Gasteiger partial charge < -0.3 is 20.3 Å². The molecule has 1 aromatic heterocycles. The standard InChI is InChI=1S/C16H17N3O4/c20-14(19-6-5-11(9-19)16(22)23)8-17-15(21)13-7-10-3-1-2-4-12(10)18-13/h1-4,7,11,18H,5-6,8-9H2,(H,17,21)(H,22,23). The highest BCUT2D eigenvalue weighted by Crippen LogP contribution is 2.16. The van der Waals surface area contributed by atoms with Crippen molar-refractivity contribution in [2.24, 2.45) is 5.92 Å². The van der Waals surface area contributed by atoms with Gasteiger partial charge in [0.2, 0.25) is 5.91 Å². The second-order valence-electron chi connectivity index (χ2n) is 5.62. The molecule has 0 aliphatic carbocycles. The maximum atomic E-state index is 12.1. The van der Waals surface area contributed by atoms with Gasteiger partial charge in [0.05, 0.1) is 12.5 Å². The number of fused-ring (bicyclic) bond motifs is 1. The second kappa shape index (κ2) is 6.12. The Balaban J connectivity index is 1.56. The number of nitrogens with one attached hydrogen (secondary N) is 2. The van der Waals surface area contributed by atoms with Crippen molar-refractivity contribution in [3.63, 3.8) is 0 Å². The number of hydrogen-bond acceptors (Lipinski definition) is 3. The Morgan fingerprint density at radius 3 is 2.78 bits per heavy atom. The van der Waals surface area contributed by atoms with Crippen LogP contribution in [0.5, 0.6) is 0 Å². The summed E-state index contributed by atoms with van der Waals surface area (Å²) in [7, 11) is 0. The highest BCUT2D eigenvalue weighted by Gasteiger charge is 2.30. The number of carboxylic acids is 1. The van der Waals surface area contributed by atoms with E-state index in [4.69, 9.17) is 5.11 Å². The summed E-state index contributed by atoms with van der Waals surface area (Å²) in [6.07, 6.45) is 0.455. The van der Waals surface area contributed by atoms with Gasteiger partial charge in [-0.1, -0.05) is 18.2 Å². The third-order valence-electron chi connectivity index (χ3n) is 4.06. The molecule has 1 aliphatic rings. The van der Waals surface area contributed by atoms with Crippen molar-refractivity contribution in [3.05, 3.63) is 36.0 Å². The number of benzene rings is 1. The van der Waals surface area contributed by atoms with Gasteiger partial charge in [0, 0.05) is 24.0 Å². The average Bonchev–Trinajstić information content (AvgIpc) is 3.18. The van der Waals surface area contributed by atoms with Crippen LogP contribution in [0.4, 0.5) is 0 Å². The van der Waals surface area contributed by atoms with Crippen LogP contribution in [0.1, 0.15) is 16.9 Å². The van der Waals surface area contributed by atoms with Crippen LogP contribution in [-0.2, 0) is 9.59 Å². The Morgan fingerprint density at radius 1 is 1.30 bits per heavy atom.